The Morgan fingerprint density at radius 1 is 1.25 bits per heavy atom. The Balaban J connectivity index is 2.07. The quantitative estimate of drug-likeness (QED) is 0.774. The zero-order valence-corrected chi connectivity index (χ0v) is 10.5. The number of carbonyl (C=O) groups excluding carboxylic acids is 1. The van der Waals surface area contributed by atoms with E-state index >= 15 is 0 Å². The van der Waals surface area contributed by atoms with Gasteiger partial charge >= 0.3 is 0 Å². The van der Waals surface area contributed by atoms with Gasteiger partial charge in [0.25, 0.3) is 0 Å². The lowest BCUT2D eigenvalue weighted by Gasteiger charge is -2.31. The van der Waals surface area contributed by atoms with Crippen LogP contribution < -0.4 is 5.73 Å². The predicted octanol–water partition coefficient (Wildman–Crippen LogP) is 1.62. The van der Waals surface area contributed by atoms with E-state index in [1.54, 1.807) is 0 Å². The number of hydrogen-bond donors (Lipinski definition) is 1. The van der Waals surface area contributed by atoms with Gasteiger partial charge in [-0.3, -0.25) is 4.79 Å². The summed E-state index contributed by atoms with van der Waals surface area (Å²) in [5.74, 6) is 1.61. The first kappa shape index (κ1) is 11.9. The molecular weight excluding hydrogens is 200 g/mol. The maximum atomic E-state index is 12.5. The van der Waals surface area contributed by atoms with Gasteiger partial charge < -0.3 is 10.6 Å². The minimum absolute atomic E-state index is 0.205. The van der Waals surface area contributed by atoms with E-state index in [9.17, 15) is 4.79 Å². The van der Waals surface area contributed by atoms with Gasteiger partial charge in [-0.25, -0.2) is 0 Å². The van der Waals surface area contributed by atoms with E-state index in [2.05, 4.69) is 18.7 Å². The van der Waals surface area contributed by atoms with E-state index in [0.29, 0.717) is 24.3 Å². The standard InChI is InChI=1S/C13H24N2O/c1-10-7-15(8-11(10)2)12(16)13(9-14)5-3-4-6-13/h10-11H,3-9,14H2,1-2H3/t10-,11+. The molecule has 1 aliphatic heterocycles. The number of nitrogens with two attached hydrogens (primary N) is 1. The van der Waals surface area contributed by atoms with Gasteiger partial charge in [-0.15, -0.1) is 0 Å². The zero-order chi connectivity index (χ0) is 11.8. The van der Waals surface area contributed by atoms with Crippen LogP contribution in [0.1, 0.15) is 39.5 Å². The van der Waals surface area contributed by atoms with E-state index in [-0.39, 0.29) is 5.41 Å². The SMILES string of the molecule is C[C@@H]1CN(C(=O)C2(CN)CCCC2)C[C@@H]1C. The highest BCUT2D eigenvalue weighted by Crippen LogP contribution is 2.40. The fourth-order valence-electron chi connectivity index (χ4n) is 3.19. The molecule has 1 saturated heterocycles. The molecule has 0 aromatic rings. The summed E-state index contributed by atoms with van der Waals surface area (Å²) in [5.41, 5.74) is 5.65. The molecule has 0 unspecified atom stereocenters. The molecule has 3 heteroatoms. The molecule has 1 saturated carbocycles. The van der Waals surface area contributed by atoms with Crippen LogP contribution in [0.25, 0.3) is 0 Å². The van der Waals surface area contributed by atoms with Crippen LogP contribution >= 0.6 is 0 Å². The molecule has 16 heavy (non-hydrogen) atoms. The van der Waals surface area contributed by atoms with Gasteiger partial charge in [0.2, 0.25) is 5.91 Å². The molecule has 2 atom stereocenters. The Bertz CT molecular complexity index is 261. The molecule has 2 N–H and O–H groups in total. The molecule has 0 aromatic heterocycles. The van der Waals surface area contributed by atoms with Crippen molar-refractivity contribution in [1.29, 1.82) is 0 Å². The summed E-state index contributed by atoms with van der Waals surface area (Å²) in [6.45, 7) is 6.87. The number of hydrogen-bond acceptors (Lipinski definition) is 2. The highest BCUT2D eigenvalue weighted by Gasteiger charge is 2.44. The van der Waals surface area contributed by atoms with Crippen molar-refractivity contribution in [3.63, 3.8) is 0 Å². The Hall–Kier alpha value is -0.570. The summed E-state index contributed by atoms with van der Waals surface area (Å²) in [5, 5.41) is 0. The molecule has 3 nitrogen and oxygen atoms in total. The Kier molecular flexibility index (Phi) is 3.24. The van der Waals surface area contributed by atoms with Crippen LogP contribution in [-0.2, 0) is 4.79 Å². The Labute approximate surface area is 98.4 Å². The largest absolute Gasteiger partial charge is 0.342 e. The fraction of sp³-hybridized carbons (Fsp3) is 0.923. The van der Waals surface area contributed by atoms with Crippen LogP contribution in [-0.4, -0.2) is 30.4 Å². The number of carbonyl (C=O) groups is 1. The van der Waals surface area contributed by atoms with Gasteiger partial charge in [0.15, 0.2) is 0 Å². The van der Waals surface area contributed by atoms with Crippen molar-refractivity contribution in [2.45, 2.75) is 39.5 Å². The first-order chi connectivity index (χ1) is 7.59. The lowest BCUT2D eigenvalue weighted by atomic mass is 9.84. The number of amides is 1. The highest BCUT2D eigenvalue weighted by atomic mass is 16.2. The van der Waals surface area contributed by atoms with Crippen molar-refractivity contribution in [3.05, 3.63) is 0 Å². The van der Waals surface area contributed by atoms with Gasteiger partial charge in [0.1, 0.15) is 0 Å². The van der Waals surface area contributed by atoms with E-state index in [1.807, 2.05) is 0 Å². The lowest BCUT2D eigenvalue weighted by molar-refractivity contribution is -0.140. The third-order valence-electron chi connectivity index (χ3n) is 4.68. The Morgan fingerprint density at radius 3 is 2.19 bits per heavy atom. The van der Waals surface area contributed by atoms with Crippen molar-refractivity contribution < 1.29 is 4.79 Å². The number of nitrogens with zero attached hydrogens (tertiary/aromatic N) is 1. The summed E-state index contributed by atoms with van der Waals surface area (Å²) < 4.78 is 0. The second-order valence-electron chi connectivity index (χ2n) is 5.86. The van der Waals surface area contributed by atoms with Crippen molar-refractivity contribution in [1.82, 2.24) is 4.90 Å². The van der Waals surface area contributed by atoms with Crippen molar-refractivity contribution in [3.8, 4) is 0 Å². The molecular formula is C13H24N2O. The molecule has 92 valence electrons. The smallest absolute Gasteiger partial charge is 0.230 e. The maximum Gasteiger partial charge on any atom is 0.230 e. The molecule has 2 fully saturated rings. The van der Waals surface area contributed by atoms with Gasteiger partial charge in [-0.05, 0) is 24.7 Å². The highest BCUT2D eigenvalue weighted by molar-refractivity contribution is 5.83. The van der Waals surface area contributed by atoms with E-state index in [1.165, 1.54) is 12.8 Å². The van der Waals surface area contributed by atoms with E-state index in [4.69, 9.17) is 5.73 Å². The average Bonchev–Trinajstić information content (AvgIpc) is 2.87. The first-order valence-electron chi connectivity index (χ1n) is 6.58. The summed E-state index contributed by atoms with van der Waals surface area (Å²) in [7, 11) is 0. The molecule has 0 bridgehead atoms. The fourth-order valence-corrected chi connectivity index (χ4v) is 3.19. The van der Waals surface area contributed by atoms with Crippen LogP contribution in [0.3, 0.4) is 0 Å². The van der Waals surface area contributed by atoms with Crippen LogP contribution in [0.15, 0.2) is 0 Å². The molecule has 1 aliphatic carbocycles. The second-order valence-corrected chi connectivity index (χ2v) is 5.86. The summed E-state index contributed by atoms with van der Waals surface area (Å²) in [4.78, 5) is 14.6. The van der Waals surface area contributed by atoms with Gasteiger partial charge in [0, 0.05) is 19.6 Å². The minimum Gasteiger partial charge on any atom is -0.342 e. The van der Waals surface area contributed by atoms with Gasteiger partial charge in [-0.2, -0.15) is 0 Å². The van der Waals surface area contributed by atoms with E-state index in [0.717, 1.165) is 25.9 Å². The molecule has 1 amide bonds. The summed E-state index contributed by atoms with van der Waals surface area (Å²) >= 11 is 0. The predicted molar refractivity (Wildman–Crippen MR) is 64.9 cm³/mol. The van der Waals surface area contributed by atoms with E-state index < -0.39 is 0 Å². The summed E-state index contributed by atoms with van der Waals surface area (Å²) in [6.07, 6.45) is 4.34. The maximum absolute atomic E-state index is 12.5. The lowest BCUT2D eigenvalue weighted by Crippen LogP contribution is -2.45. The zero-order valence-electron chi connectivity index (χ0n) is 10.5. The first-order valence-corrected chi connectivity index (χ1v) is 6.58. The average molecular weight is 224 g/mol. The topological polar surface area (TPSA) is 46.3 Å². The minimum atomic E-state index is -0.205. The van der Waals surface area contributed by atoms with Crippen molar-refractivity contribution in [2.75, 3.05) is 19.6 Å². The third kappa shape index (κ3) is 1.86. The molecule has 0 spiro atoms. The monoisotopic (exact) mass is 224 g/mol. The number of rotatable bonds is 2. The second kappa shape index (κ2) is 4.36. The van der Waals surface area contributed by atoms with Crippen LogP contribution in [0.2, 0.25) is 0 Å². The molecule has 0 radical (unpaired) electrons. The van der Waals surface area contributed by atoms with Crippen molar-refractivity contribution in [2.24, 2.45) is 23.0 Å². The number of likely N-dealkylation sites (tertiary alicyclic amines) is 1. The Morgan fingerprint density at radius 2 is 1.75 bits per heavy atom. The molecule has 2 aliphatic rings. The summed E-state index contributed by atoms with van der Waals surface area (Å²) in [6, 6.07) is 0. The van der Waals surface area contributed by atoms with Crippen molar-refractivity contribution >= 4 is 5.91 Å². The normalized spacial score (nSPS) is 33.3. The van der Waals surface area contributed by atoms with Gasteiger partial charge in [0.05, 0.1) is 5.41 Å². The van der Waals surface area contributed by atoms with Crippen LogP contribution in [0, 0.1) is 17.3 Å². The van der Waals surface area contributed by atoms with Crippen LogP contribution in [0.4, 0.5) is 0 Å². The van der Waals surface area contributed by atoms with Gasteiger partial charge in [-0.1, -0.05) is 26.7 Å². The molecule has 0 aromatic carbocycles. The molecule has 2 rings (SSSR count). The molecule has 1 heterocycles. The van der Waals surface area contributed by atoms with Crippen LogP contribution in [0.5, 0.6) is 0 Å². The third-order valence-corrected chi connectivity index (χ3v) is 4.68.